The summed E-state index contributed by atoms with van der Waals surface area (Å²) in [5.41, 5.74) is 0. The second-order valence-electron chi connectivity index (χ2n) is 6.39. The number of hydrogen-bond donors (Lipinski definition) is 1. The largest absolute Gasteiger partial charge is 0.378 e. The lowest BCUT2D eigenvalue weighted by Gasteiger charge is -2.41. The van der Waals surface area contributed by atoms with E-state index in [-0.39, 0.29) is 0 Å². The molecule has 3 atom stereocenters. The fourth-order valence-electron chi connectivity index (χ4n) is 3.31. The number of nitrogens with one attached hydrogen (secondary N) is 1. The van der Waals surface area contributed by atoms with Gasteiger partial charge in [0.25, 0.3) is 0 Å². The molecule has 106 valence electrons. The molecule has 1 N–H and O–H groups in total. The predicted octanol–water partition coefficient (Wildman–Crippen LogP) is 2.26. The van der Waals surface area contributed by atoms with E-state index < -0.39 is 0 Å². The Morgan fingerprint density at radius 2 is 2.22 bits per heavy atom. The fraction of sp³-hybridized carbons (Fsp3) is 1.00. The van der Waals surface area contributed by atoms with Crippen LogP contribution >= 0.6 is 0 Å². The van der Waals surface area contributed by atoms with Crippen LogP contribution in [0.5, 0.6) is 0 Å². The van der Waals surface area contributed by atoms with Crippen molar-refractivity contribution in [2.75, 3.05) is 26.2 Å². The molecule has 2 saturated heterocycles. The van der Waals surface area contributed by atoms with Crippen molar-refractivity contribution in [1.29, 1.82) is 0 Å². The van der Waals surface area contributed by atoms with E-state index in [1.54, 1.807) is 0 Å². The quantitative estimate of drug-likeness (QED) is 0.814. The highest BCUT2D eigenvalue weighted by atomic mass is 16.5. The van der Waals surface area contributed by atoms with Crippen LogP contribution in [0.3, 0.4) is 0 Å². The van der Waals surface area contributed by atoms with Crippen LogP contribution in [0.2, 0.25) is 0 Å². The highest BCUT2D eigenvalue weighted by Gasteiger charge is 2.27. The zero-order valence-corrected chi connectivity index (χ0v) is 12.3. The van der Waals surface area contributed by atoms with Gasteiger partial charge in [-0.2, -0.15) is 0 Å². The van der Waals surface area contributed by atoms with Gasteiger partial charge in [0.15, 0.2) is 0 Å². The molecule has 0 saturated carbocycles. The van der Waals surface area contributed by atoms with E-state index >= 15 is 0 Å². The second-order valence-corrected chi connectivity index (χ2v) is 6.39. The van der Waals surface area contributed by atoms with Crippen molar-refractivity contribution in [1.82, 2.24) is 10.2 Å². The third-order valence-corrected chi connectivity index (χ3v) is 4.42. The molecular weight excluding hydrogens is 224 g/mol. The summed E-state index contributed by atoms with van der Waals surface area (Å²) in [4.78, 5) is 2.70. The van der Waals surface area contributed by atoms with Crippen LogP contribution in [-0.4, -0.2) is 49.3 Å². The van der Waals surface area contributed by atoms with Crippen LogP contribution in [0, 0.1) is 5.92 Å². The molecular formula is C15H30N2O. The van der Waals surface area contributed by atoms with E-state index in [0.717, 1.165) is 19.1 Å². The lowest BCUT2D eigenvalue weighted by Crippen LogP contribution is -2.57. The molecule has 0 bridgehead atoms. The molecule has 0 aliphatic carbocycles. The van der Waals surface area contributed by atoms with E-state index in [1.807, 2.05) is 0 Å². The smallest absolute Gasteiger partial charge is 0.0576 e. The van der Waals surface area contributed by atoms with Crippen molar-refractivity contribution in [2.45, 2.75) is 64.6 Å². The summed E-state index contributed by atoms with van der Waals surface area (Å²) in [6, 6.07) is 1.36. The normalized spacial score (nSPS) is 34.3. The van der Waals surface area contributed by atoms with Gasteiger partial charge in [-0.05, 0) is 45.1 Å². The van der Waals surface area contributed by atoms with Crippen molar-refractivity contribution < 1.29 is 4.74 Å². The summed E-state index contributed by atoms with van der Waals surface area (Å²) >= 11 is 0. The number of nitrogens with zero attached hydrogens (tertiary/aromatic N) is 1. The lowest BCUT2D eigenvalue weighted by molar-refractivity contribution is 0.0787. The molecule has 3 unspecified atom stereocenters. The standard InChI is InChI=1S/C15H30N2O/c1-12(2)15-10-16-13(3)11-17(15)8-4-6-14-7-5-9-18-14/h12-16H,4-11H2,1-3H3. The molecule has 18 heavy (non-hydrogen) atoms. The summed E-state index contributed by atoms with van der Waals surface area (Å²) in [6.45, 7) is 11.6. The van der Waals surface area contributed by atoms with Gasteiger partial charge >= 0.3 is 0 Å². The molecule has 0 spiro atoms. The molecule has 0 aromatic rings. The molecule has 2 fully saturated rings. The van der Waals surface area contributed by atoms with Crippen LogP contribution in [-0.2, 0) is 4.74 Å². The molecule has 3 nitrogen and oxygen atoms in total. The van der Waals surface area contributed by atoms with E-state index in [4.69, 9.17) is 4.74 Å². The Hall–Kier alpha value is -0.120. The highest BCUT2D eigenvalue weighted by Crippen LogP contribution is 2.19. The minimum absolute atomic E-state index is 0.558. The summed E-state index contributed by atoms with van der Waals surface area (Å²) in [5.74, 6) is 0.743. The molecule has 2 aliphatic rings. The first kappa shape index (κ1) is 14.3. The predicted molar refractivity (Wildman–Crippen MR) is 75.9 cm³/mol. The van der Waals surface area contributed by atoms with Gasteiger partial charge in [-0.25, -0.2) is 0 Å². The minimum atomic E-state index is 0.558. The van der Waals surface area contributed by atoms with E-state index in [0.29, 0.717) is 18.2 Å². The SMILES string of the molecule is CC1CN(CCCC2CCCO2)C(C(C)C)CN1. The highest BCUT2D eigenvalue weighted by molar-refractivity contribution is 4.86. The lowest BCUT2D eigenvalue weighted by atomic mass is 9.98. The fourth-order valence-corrected chi connectivity index (χ4v) is 3.31. The van der Waals surface area contributed by atoms with Crippen LogP contribution in [0.15, 0.2) is 0 Å². The third kappa shape index (κ3) is 3.94. The third-order valence-electron chi connectivity index (χ3n) is 4.42. The number of piperazine rings is 1. The van der Waals surface area contributed by atoms with Gasteiger partial charge in [-0.15, -0.1) is 0 Å². The summed E-state index contributed by atoms with van der Waals surface area (Å²) < 4.78 is 5.71. The van der Waals surface area contributed by atoms with Crippen LogP contribution in [0.1, 0.15) is 46.5 Å². The molecule has 2 heterocycles. The molecule has 2 rings (SSSR count). The summed E-state index contributed by atoms with van der Waals surface area (Å²) in [7, 11) is 0. The van der Waals surface area contributed by atoms with Crippen molar-refractivity contribution in [3.05, 3.63) is 0 Å². The monoisotopic (exact) mass is 254 g/mol. The zero-order chi connectivity index (χ0) is 13.0. The van der Waals surface area contributed by atoms with Gasteiger partial charge < -0.3 is 10.1 Å². The van der Waals surface area contributed by atoms with Gasteiger partial charge in [-0.3, -0.25) is 4.90 Å². The average Bonchev–Trinajstić information content (AvgIpc) is 2.82. The number of ether oxygens (including phenoxy) is 1. The Kier molecular flexibility index (Phi) is 5.46. The Morgan fingerprint density at radius 3 is 2.89 bits per heavy atom. The Morgan fingerprint density at radius 1 is 1.39 bits per heavy atom. The van der Waals surface area contributed by atoms with Gasteiger partial charge in [0.2, 0.25) is 0 Å². The van der Waals surface area contributed by atoms with Crippen LogP contribution in [0.25, 0.3) is 0 Å². The van der Waals surface area contributed by atoms with Gasteiger partial charge in [-0.1, -0.05) is 13.8 Å². The first-order valence-electron chi connectivity index (χ1n) is 7.76. The molecule has 0 radical (unpaired) electrons. The number of hydrogen-bond acceptors (Lipinski definition) is 3. The Labute approximate surface area is 112 Å². The van der Waals surface area contributed by atoms with Gasteiger partial charge in [0.1, 0.15) is 0 Å². The van der Waals surface area contributed by atoms with Crippen LogP contribution in [0.4, 0.5) is 0 Å². The maximum atomic E-state index is 5.71. The van der Waals surface area contributed by atoms with Crippen molar-refractivity contribution in [3.63, 3.8) is 0 Å². The molecule has 0 aromatic heterocycles. The first-order chi connectivity index (χ1) is 8.66. The summed E-state index contributed by atoms with van der Waals surface area (Å²) in [5, 5.41) is 3.61. The second kappa shape index (κ2) is 6.88. The van der Waals surface area contributed by atoms with Crippen LogP contribution < -0.4 is 5.32 Å². The van der Waals surface area contributed by atoms with E-state index in [1.165, 1.54) is 38.8 Å². The van der Waals surface area contributed by atoms with Crippen molar-refractivity contribution in [3.8, 4) is 0 Å². The zero-order valence-electron chi connectivity index (χ0n) is 12.3. The van der Waals surface area contributed by atoms with E-state index in [9.17, 15) is 0 Å². The molecule has 0 amide bonds. The summed E-state index contributed by atoms with van der Waals surface area (Å²) in [6.07, 6.45) is 5.65. The molecule has 2 aliphatic heterocycles. The molecule has 0 aromatic carbocycles. The Balaban J connectivity index is 1.73. The van der Waals surface area contributed by atoms with Crippen molar-refractivity contribution in [2.24, 2.45) is 5.92 Å². The van der Waals surface area contributed by atoms with E-state index in [2.05, 4.69) is 31.0 Å². The van der Waals surface area contributed by atoms with Gasteiger partial charge in [0.05, 0.1) is 6.10 Å². The maximum Gasteiger partial charge on any atom is 0.0576 e. The van der Waals surface area contributed by atoms with Gasteiger partial charge in [0, 0.05) is 31.8 Å². The maximum absolute atomic E-state index is 5.71. The topological polar surface area (TPSA) is 24.5 Å². The van der Waals surface area contributed by atoms with Crippen molar-refractivity contribution >= 4 is 0 Å². The Bertz CT molecular complexity index is 239. The first-order valence-corrected chi connectivity index (χ1v) is 7.76. The average molecular weight is 254 g/mol. The molecule has 3 heteroatoms. The minimum Gasteiger partial charge on any atom is -0.378 e. The number of rotatable bonds is 5.